The Hall–Kier alpha value is -1.79. The molecule has 1 amide bonds. The van der Waals surface area contributed by atoms with Crippen molar-refractivity contribution in [2.75, 3.05) is 18.4 Å². The molecule has 1 N–H and O–H groups in total. The molecule has 0 spiro atoms. The molecule has 0 atom stereocenters. The standard InChI is InChI=1S/C19H24N4OS/c24-17(13-23-11-10-14-6-4-5-9-16(14)12-23)20-19-22-21-18(25-19)15-7-2-1-3-8-15/h4-6,9,15H,1-3,7-8,10-13H2,(H,20,22,24). The van der Waals surface area contributed by atoms with E-state index in [4.69, 9.17) is 0 Å². The average molecular weight is 356 g/mol. The van der Waals surface area contributed by atoms with Crippen molar-refractivity contribution in [2.24, 2.45) is 0 Å². The molecule has 1 aromatic heterocycles. The smallest absolute Gasteiger partial charge is 0.240 e. The van der Waals surface area contributed by atoms with E-state index in [0.29, 0.717) is 17.6 Å². The number of carbonyl (C=O) groups is 1. The van der Waals surface area contributed by atoms with Crippen LogP contribution in [0, 0.1) is 0 Å². The zero-order valence-corrected chi connectivity index (χ0v) is 15.2. The van der Waals surface area contributed by atoms with Crippen LogP contribution in [-0.4, -0.2) is 34.1 Å². The van der Waals surface area contributed by atoms with Gasteiger partial charge in [-0.15, -0.1) is 10.2 Å². The number of amides is 1. The van der Waals surface area contributed by atoms with E-state index in [1.165, 1.54) is 43.2 Å². The molecule has 1 saturated carbocycles. The number of benzene rings is 1. The first-order valence-electron chi connectivity index (χ1n) is 9.20. The summed E-state index contributed by atoms with van der Waals surface area (Å²) in [7, 11) is 0. The zero-order valence-electron chi connectivity index (χ0n) is 14.4. The lowest BCUT2D eigenvalue weighted by Crippen LogP contribution is -2.37. The summed E-state index contributed by atoms with van der Waals surface area (Å²) < 4.78 is 0. The van der Waals surface area contributed by atoms with Crippen LogP contribution in [0.5, 0.6) is 0 Å². The topological polar surface area (TPSA) is 58.1 Å². The van der Waals surface area contributed by atoms with Crippen molar-refractivity contribution in [1.29, 1.82) is 0 Å². The highest BCUT2D eigenvalue weighted by atomic mass is 32.1. The maximum atomic E-state index is 12.4. The summed E-state index contributed by atoms with van der Waals surface area (Å²) in [5.74, 6) is 0.543. The Labute approximate surface area is 152 Å². The van der Waals surface area contributed by atoms with Crippen LogP contribution >= 0.6 is 11.3 Å². The lowest BCUT2D eigenvalue weighted by atomic mass is 9.90. The van der Waals surface area contributed by atoms with Crippen molar-refractivity contribution < 1.29 is 4.79 Å². The van der Waals surface area contributed by atoms with Crippen LogP contribution in [0.4, 0.5) is 5.13 Å². The monoisotopic (exact) mass is 356 g/mol. The molecule has 1 fully saturated rings. The van der Waals surface area contributed by atoms with E-state index in [0.717, 1.165) is 24.5 Å². The second-order valence-corrected chi connectivity index (χ2v) is 8.07. The quantitative estimate of drug-likeness (QED) is 0.910. The van der Waals surface area contributed by atoms with Gasteiger partial charge in [0.15, 0.2) is 0 Å². The predicted molar refractivity (Wildman–Crippen MR) is 99.8 cm³/mol. The van der Waals surface area contributed by atoms with Crippen LogP contribution in [0.1, 0.15) is 54.2 Å². The Balaban J connectivity index is 1.31. The molecule has 0 unspecified atom stereocenters. The largest absolute Gasteiger partial charge is 0.299 e. The number of nitrogens with one attached hydrogen (secondary N) is 1. The van der Waals surface area contributed by atoms with Crippen LogP contribution < -0.4 is 5.32 Å². The van der Waals surface area contributed by atoms with Gasteiger partial charge in [0.05, 0.1) is 6.54 Å². The van der Waals surface area contributed by atoms with E-state index >= 15 is 0 Å². The average Bonchev–Trinajstić information content (AvgIpc) is 3.10. The highest BCUT2D eigenvalue weighted by molar-refractivity contribution is 7.15. The van der Waals surface area contributed by atoms with Gasteiger partial charge in [-0.1, -0.05) is 54.9 Å². The fraction of sp³-hybridized carbons (Fsp3) is 0.526. The molecule has 1 aromatic carbocycles. The molecule has 1 aliphatic carbocycles. The van der Waals surface area contributed by atoms with Gasteiger partial charge in [0.25, 0.3) is 0 Å². The first kappa shape index (κ1) is 16.7. The van der Waals surface area contributed by atoms with Crippen LogP contribution in [0.3, 0.4) is 0 Å². The lowest BCUT2D eigenvalue weighted by molar-refractivity contribution is -0.117. The van der Waals surface area contributed by atoms with Gasteiger partial charge in [0.1, 0.15) is 5.01 Å². The van der Waals surface area contributed by atoms with Gasteiger partial charge >= 0.3 is 0 Å². The molecule has 2 aliphatic rings. The van der Waals surface area contributed by atoms with Crippen LogP contribution in [0.25, 0.3) is 0 Å². The first-order valence-corrected chi connectivity index (χ1v) is 10.0. The SMILES string of the molecule is O=C(CN1CCc2ccccc2C1)Nc1nnc(C2CCCCC2)s1. The molecular weight excluding hydrogens is 332 g/mol. The minimum absolute atomic E-state index is 0.00530. The Morgan fingerprint density at radius 2 is 1.96 bits per heavy atom. The summed E-state index contributed by atoms with van der Waals surface area (Å²) in [4.78, 5) is 14.6. The highest BCUT2D eigenvalue weighted by Gasteiger charge is 2.21. The summed E-state index contributed by atoms with van der Waals surface area (Å²) >= 11 is 1.55. The number of fused-ring (bicyclic) bond motifs is 1. The Morgan fingerprint density at radius 3 is 2.80 bits per heavy atom. The number of carbonyl (C=O) groups excluding carboxylic acids is 1. The maximum Gasteiger partial charge on any atom is 0.240 e. The van der Waals surface area contributed by atoms with Crippen molar-refractivity contribution in [3.8, 4) is 0 Å². The van der Waals surface area contributed by atoms with Crippen molar-refractivity contribution in [3.63, 3.8) is 0 Å². The zero-order chi connectivity index (χ0) is 17.1. The van der Waals surface area contributed by atoms with Crippen molar-refractivity contribution in [1.82, 2.24) is 15.1 Å². The third kappa shape index (κ3) is 4.07. The lowest BCUT2D eigenvalue weighted by Gasteiger charge is -2.27. The fourth-order valence-electron chi connectivity index (χ4n) is 3.85. The van der Waals surface area contributed by atoms with Gasteiger partial charge in [-0.25, -0.2) is 0 Å². The molecule has 4 rings (SSSR count). The minimum Gasteiger partial charge on any atom is -0.299 e. The van der Waals surface area contributed by atoms with E-state index in [1.807, 2.05) is 0 Å². The van der Waals surface area contributed by atoms with Gasteiger partial charge in [0, 0.05) is 19.0 Å². The third-order valence-corrected chi connectivity index (χ3v) is 6.22. The number of hydrogen-bond donors (Lipinski definition) is 1. The molecule has 0 bridgehead atoms. The fourth-order valence-corrected chi connectivity index (χ4v) is 4.78. The normalized spacial score (nSPS) is 18.7. The Kier molecular flexibility index (Phi) is 5.08. The molecule has 2 aromatic rings. The van der Waals surface area contributed by atoms with Gasteiger partial charge < -0.3 is 0 Å². The van der Waals surface area contributed by atoms with Gasteiger partial charge in [-0.2, -0.15) is 0 Å². The predicted octanol–water partition coefficient (Wildman–Crippen LogP) is 3.58. The highest BCUT2D eigenvalue weighted by Crippen LogP contribution is 2.35. The summed E-state index contributed by atoms with van der Waals surface area (Å²) in [6, 6.07) is 8.48. The summed E-state index contributed by atoms with van der Waals surface area (Å²) in [5.41, 5.74) is 2.73. The van der Waals surface area contributed by atoms with Crippen LogP contribution in [-0.2, 0) is 17.8 Å². The van der Waals surface area contributed by atoms with Crippen LogP contribution in [0.15, 0.2) is 24.3 Å². The second kappa shape index (κ2) is 7.62. The van der Waals surface area contributed by atoms with E-state index < -0.39 is 0 Å². The van der Waals surface area contributed by atoms with Gasteiger partial charge in [-0.05, 0) is 30.4 Å². The summed E-state index contributed by atoms with van der Waals surface area (Å²) in [5, 5.41) is 13.2. The maximum absolute atomic E-state index is 12.4. The Bertz CT molecular complexity index is 739. The second-order valence-electron chi connectivity index (χ2n) is 7.06. The molecule has 0 radical (unpaired) electrons. The molecule has 25 heavy (non-hydrogen) atoms. The van der Waals surface area contributed by atoms with Gasteiger partial charge in [-0.3, -0.25) is 15.0 Å². The summed E-state index contributed by atoms with van der Waals surface area (Å²) in [6.45, 7) is 2.17. The number of nitrogens with zero attached hydrogens (tertiary/aromatic N) is 3. The van der Waals surface area contributed by atoms with E-state index in [2.05, 4.69) is 44.7 Å². The number of rotatable bonds is 4. The number of anilines is 1. The summed E-state index contributed by atoms with van der Waals surface area (Å²) in [6.07, 6.45) is 7.31. The van der Waals surface area contributed by atoms with Crippen molar-refractivity contribution in [3.05, 3.63) is 40.4 Å². The van der Waals surface area contributed by atoms with Crippen LogP contribution in [0.2, 0.25) is 0 Å². The minimum atomic E-state index is 0.00530. The van der Waals surface area contributed by atoms with E-state index in [1.54, 1.807) is 11.3 Å². The molecule has 5 nitrogen and oxygen atoms in total. The van der Waals surface area contributed by atoms with Crippen molar-refractivity contribution in [2.45, 2.75) is 51.0 Å². The van der Waals surface area contributed by atoms with E-state index in [-0.39, 0.29) is 5.91 Å². The molecular formula is C19H24N4OS. The number of aromatic nitrogens is 2. The third-order valence-electron chi connectivity index (χ3n) is 5.22. The molecule has 2 heterocycles. The molecule has 1 aliphatic heterocycles. The number of hydrogen-bond acceptors (Lipinski definition) is 5. The van der Waals surface area contributed by atoms with Gasteiger partial charge in [0.2, 0.25) is 11.0 Å². The molecule has 6 heteroatoms. The first-order chi connectivity index (χ1) is 12.3. The molecule has 0 saturated heterocycles. The molecule has 132 valence electrons. The van der Waals surface area contributed by atoms with E-state index in [9.17, 15) is 4.79 Å². The van der Waals surface area contributed by atoms with Crippen molar-refractivity contribution >= 4 is 22.4 Å². The Morgan fingerprint density at radius 1 is 1.16 bits per heavy atom.